The van der Waals surface area contributed by atoms with E-state index in [4.69, 9.17) is 22.9 Å². The first-order valence-electron chi connectivity index (χ1n) is 7.22. The molecule has 0 aliphatic heterocycles. The minimum absolute atomic E-state index is 0.439. The van der Waals surface area contributed by atoms with E-state index in [0.29, 0.717) is 10.9 Å². The summed E-state index contributed by atoms with van der Waals surface area (Å²) in [5.41, 5.74) is 9.27. The van der Waals surface area contributed by atoms with Gasteiger partial charge in [0.25, 0.3) is 0 Å². The SMILES string of the molecule is CCC(CC)CNc1nc2c(cc1C(N)=S)CCC2. The van der Waals surface area contributed by atoms with E-state index in [0.717, 1.165) is 30.8 Å². The van der Waals surface area contributed by atoms with Crippen LogP contribution in [-0.4, -0.2) is 16.5 Å². The third-order valence-corrected chi connectivity index (χ3v) is 4.25. The summed E-state index contributed by atoms with van der Waals surface area (Å²) in [6, 6.07) is 2.13. The van der Waals surface area contributed by atoms with Gasteiger partial charge in [-0.25, -0.2) is 4.98 Å². The van der Waals surface area contributed by atoms with E-state index < -0.39 is 0 Å². The van der Waals surface area contributed by atoms with Crippen LogP contribution in [0.4, 0.5) is 5.82 Å². The van der Waals surface area contributed by atoms with E-state index in [1.54, 1.807) is 0 Å². The van der Waals surface area contributed by atoms with Crippen molar-refractivity contribution >= 4 is 23.0 Å². The highest BCUT2D eigenvalue weighted by Gasteiger charge is 2.18. The van der Waals surface area contributed by atoms with Gasteiger partial charge in [0.05, 0.1) is 5.56 Å². The highest BCUT2D eigenvalue weighted by atomic mass is 32.1. The molecule has 1 aromatic heterocycles. The number of thiocarbonyl (C=S) groups is 1. The molecule has 1 aromatic rings. The van der Waals surface area contributed by atoms with Crippen molar-refractivity contribution in [2.24, 2.45) is 11.7 Å². The Morgan fingerprint density at radius 1 is 1.42 bits per heavy atom. The van der Waals surface area contributed by atoms with Crippen molar-refractivity contribution < 1.29 is 0 Å². The Morgan fingerprint density at radius 2 is 2.16 bits per heavy atom. The van der Waals surface area contributed by atoms with E-state index >= 15 is 0 Å². The summed E-state index contributed by atoms with van der Waals surface area (Å²) in [4.78, 5) is 5.18. The molecule has 1 aliphatic carbocycles. The highest BCUT2D eigenvalue weighted by Crippen LogP contribution is 2.25. The first-order chi connectivity index (χ1) is 9.15. The second kappa shape index (κ2) is 6.33. The normalized spacial score (nSPS) is 13.6. The van der Waals surface area contributed by atoms with Crippen LogP contribution in [0, 0.1) is 5.92 Å². The molecule has 0 fully saturated rings. The first-order valence-corrected chi connectivity index (χ1v) is 7.63. The van der Waals surface area contributed by atoms with Gasteiger partial charge in [-0.3, -0.25) is 0 Å². The summed E-state index contributed by atoms with van der Waals surface area (Å²) in [7, 11) is 0. The number of aryl methyl sites for hydroxylation is 2. The van der Waals surface area contributed by atoms with E-state index in [9.17, 15) is 0 Å². The fraction of sp³-hybridized carbons (Fsp3) is 0.600. The predicted molar refractivity (Wildman–Crippen MR) is 84.7 cm³/mol. The summed E-state index contributed by atoms with van der Waals surface area (Å²) in [6.45, 7) is 5.38. The minimum Gasteiger partial charge on any atom is -0.389 e. The molecule has 0 aromatic carbocycles. The van der Waals surface area contributed by atoms with Gasteiger partial charge in [0.15, 0.2) is 0 Å². The molecule has 0 saturated heterocycles. The lowest BCUT2D eigenvalue weighted by Gasteiger charge is -2.17. The number of aromatic nitrogens is 1. The fourth-order valence-electron chi connectivity index (χ4n) is 2.61. The topological polar surface area (TPSA) is 50.9 Å². The molecule has 0 spiro atoms. The van der Waals surface area contributed by atoms with Crippen molar-refractivity contribution in [3.8, 4) is 0 Å². The molecule has 0 bridgehead atoms. The van der Waals surface area contributed by atoms with Crippen molar-refractivity contribution in [1.29, 1.82) is 0 Å². The molecule has 1 aliphatic rings. The third-order valence-electron chi connectivity index (χ3n) is 4.03. The molecule has 1 heterocycles. The summed E-state index contributed by atoms with van der Waals surface area (Å²) < 4.78 is 0. The van der Waals surface area contributed by atoms with E-state index in [2.05, 4.69) is 25.2 Å². The molecule has 3 nitrogen and oxygen atoms in total. The monoisotopic (exact) mass is 277 g/mol. The maximum absolute atomic E-state index is 5.83. The molecule has 0 atom stereocenters. The van der Waals surface area contributed by atoms with Crippen molar-refractivity contribution in [3.05, 3.63) is 22.9 Å². The Balaban J connectivity index is 2.20. The highest BCUT2D eigenvalue weighted by molar-refractivity contribution is 7.80. The Hall–Kier alpha value is -1.16. The zero-order valence-electron chi connectivity index (χ0n) is 11.8. The van der Waals surface area contributed by atoms with Gasteiger partial charge in [-0.1, -0.05) is 38.9 Å². The average molecular weight is 277 g/mol. The number of hydrogen-bond acceptors (Lipinski definition) is 3. The van der Waals surface area contributed by atoms with Crippen LogP contribution in [0.3, 0.4) is 0 Å². The molecule has 4 heteroatoms. The van der Waals surface area contributed by atoms with E-state index in [1.165, 1.54) is 30.5 Å². The number of anilines is 1. The van der Waals surface area contributed by atoms with Gasteiger partial charge in [-0.15, -0.1) is 0 Å². The van der Waals surface area contributed by atoms with Crippen LogP contribution in [0.25, 0.3) is 0 Å². The summed E-state index contributed by atoms with van der Waals surface area (Å²) in [5, 5.41) is 3.45. The van der Waals surface area contributed by atoms with Crippen LogP contribution in [0.5, 0.6) is 0 Å². The van der Waals surface area contributed by atoms with Gasteiger partial charge >= 0.3 is 0 Å². The summed E-state index contributed by atoms with van der Waals surface area (Å²) in [6.07, 6.45) is 5.72. The van der Waals surface area contributed by atoms with Gasteiger partial charge in [-0.2, -0.15) is 0 Å². The molecule has 104 valence electrons. The number of pyridine rings is 1. The third kappa shape index (κ3) is 3.24. The van der Waals surface area contributed by atoms with Crippen molar-refractivity contribution in [3.63, 3.8) is 0 Å². The minimum atomic E-state index is 0.439. The summed E-state index contributed by atoms with van der Waals surface area (Å²) in [5.74, 6) is 1.55. The number of nitrogens with two attached hydrogens (primary N) is 1. The lowest BCUT2D eigenvalue weighted by molar-refractivity contribution is 0.518. The second-order valence-corrected chi connectivity index (χ2v) is 5.71. The molecule has 3 N–H and O–H groups in total. The Labute approximate surface area is 121 Å². The van der Waals surface area contributed by atoms with Crippen molar-refractivity contribution in [1.82, 2.24) is 4.98 Å². The maximum Gasteiger partial charge on any atom is 0.136 e. The maximum atomic E-state index is 5.83. The van der Waals surface area contributed by atoms with Gasteiger partial charge < -0.3 is 11.1 Å². The number of fused-ring (bicyclic) bond motifs is 1. The summed E-state index contributed by atoms with van der Waals surface area (Å²) >= 11 is 5.16. The molecule has 0 saturated carbocycles. The van der Waals surface area contributed by atoms with Gasteiger partial charge in [0.2, 0.25) is 0 Å². The number of nitrogens with one attached hydrogen (secondary N) is 1. The molecular weight excluding hydrogens is 254 g/mol. The molecule has 19 heavy (non-hydrogen) atoms. The van der Waals surface area contributed by atoms with Gasteiger partial charge in [0, 0.05) is 12.2 Å². The molecule has 2 rings (SSSR count). The second-order valence-electron chi connectivity index (χ2n) is 5.27. The number of rotatable bonds is 6. The smallest absolute Gasteiger partial charge is 0.136 e. The molecule has 0 radical (unpaired) electrons. The van der Waals surface area contributed by atoms with Crippen LogP contribution in [0.2, 0.25) is 0 Å². The number of nitrogens with zero attached hydrogens (tertiary/aromatic N) is 1. The van der Waals surface area contributed by atoms with Crippen LogP contribution < -0.4 is 11.1 Å². The van der Waals surface area contributed by atoms with Crippen molar-refractivity contribution in [2.45, 2.75) is 46.0 Å². The van der Waals surface area contributed by atoms with Crippen LogP contribution in [0.15, 0.2) is 6.07 Å². The standard InChI is InChI=1S/C15H23N3S/c1-3-10(4-2)9-17-15-12(14(16)19)8-11-6-5-7-13(11)18-15/h8,10H,3-7,9H2,1-2H3,(H2,16,19)(H,17,18). The Morgan fingerprint density at radius 3 is 2.79 bits per heavy atom. The molecule has 0 unspecified atom stereocenters. The van der Waals surface area contributed by atoms with Crippen LogP contribution in [0.1, 0.15) is 49.9 Å². The zero-order valence-corrected chi connectivity index (χ0v) is 12.6. The zero-order chi connectivity index (χ0) is 13.8. The first kappa shape index (κ1) is 14.3. The fourth-order valence-corrected chi connectivity index (χ4v) is 2.77. The van der Waals surface area contributed by atoms with Crippen LogP contribution >= 0.6 is 12.2 Å². The van der Waals surface area contributed by atoms with Gasteiger partial charge in [-0.05, 0) is 36.8 Å². The molecular formula is C15H23N3S. The van der Waals surface area contributed by atoms with Crippen molar-refractivity contribution in [2.75, 3.05) is 11.9 Å². The largest absolute Gasteiger partial charge is 0.389 e. The average Bonchev–Trinajstić information content (AvgIpc) is 2.85. The Kier molecular flexibility index (Phi) is 4.75. The number of hydrogen-bond donors (Lipinski definition) is 2. The predicted octanol–water partition coefficient (Wildman–Crippen LogP) is 3.05. The van der Waals surface area contributed by atoms with Crippen LogP contribution in [-0.2, 0) is 12.8 Å². The van der Waals surface area contributed by atoms with E-state index in [-0.39, 0.29) is 0 Å². The van der Waals surface area contributed by atoms with Gasteiger partial charge in [0.1, 0.15) is 10.8 Å². The Bertz CT molecular complexity index is 467. The quantitative estimate of drug-likeness (QED) is 0.785. The molecule has 0 amide bonds. The van der Waals surface area contributed by atoms with E-state index in [1.807, 2.05) is 0 Å². The lowest BCUT2D eigenvalue weighted by Crippen LogP contribution is -2.19. The lowest BCUT2D eigenvalue weighted by atomic mass is 10.0.